The molecule has 0 saturated heterocycles. The number of aliphatic hydroxyl groups is 1. The van der Waals surface area contributed by atoms with Crippen molar-refractivity contribution in [3.63, 3.8) is 0 Å². The van der Waals surface area contributed by atoms with Gasteiger partial charge in [-0.2, -0.15) is 0 Å². The van der Waals surface area contributed by atoms with Crippen LogP contribution in [0.1, 0.15) is 62.7 Å². The molecule has 3 heteroatoms. The van der Waals surface area contributed by atoms with Crippen molar-refractivity contribution in [3.8, 4) is 11.8 Å². The Morgan fingerprint density at radius 2 is 2.00 bits per heavy atom. The molecule has 2 unspecified atom stereocenters. The topological polar surface area (TPSA) is 49.7 Å². The standard InChI is InChI=1S/C20H25NO2/c1-3-5-6-7-8-9-14-18(22)19-15(4-2)20(23)16-12-10-11-13-17(16)21-19/h10-13,15,18,22H,3-8H2,1-2H3. The summed E-state index contributed by atoms with van der Waals surface area (Å²) in [5, 5.41) is 10.4. The fourth-order valence-corrected chi connectivity index (χ4v) is 2.85. The van der Waals surface area contributed by atoms with E-state index in [4.69, 9.17) is 0 Å². The summed E-state index contributed by atoms with van der Waals surface area (Å²) in [4.78, 5) is 17.1. The number of ketones is 1. The molecule has 2 atom stereocenters. The highest BCUT2D eigenvalue weighted by atomic mass is 16.3. The fourth-order valence-electron chi connectivity index (χ4n) is 2.85. The largest absolute Gasteiger partial charge is 0.375 e. The van der Waals surface area contributed by atoms with E-state index in [2.05, 4.69) is 23.8 Å². The van der Waals surface area contributed by atoms with Crippen LogP contribution in [0.4, 0.5) is 5.69 Å². The average molecular weight is 311 g/mol. The number of para-hydroxylation sites is 1. The molecule has 0 aliphatic carbocycles. The zero-order chi connectivity index (χ0) is 16.7. The Hall–Kier alpha value is -1.92. The molecular formula is C20H25NO2. The first kappa shape index (κ1) is 17.4. The van der Waals surface area contributed by atoms with Crippen molar-refractivity contribution in [1.29, 1.82) is 0 Å². The molecule has 1 aliphatic rings. The number of unbranched alkanes of at least 4 members (excludes halogenated alkanes) is 4. The lowest BCUT2D eigenvalue weighted by molar-refractivity contribution is 0.0945. The summed E-state index contributed by atoms with van der Waals surface area (Å²) in [7, 11) is 0. The van der Waals surface area contributed by atoms with Gasteiger partial charge in [0, 0.05) is 12.0 Å². The third kappa shape index (κ3) is 4.30. The number of rotatable bonds is 6. The van der Waals surface area contributed by atoms with E-state index in [1.54, 1.807) is 6.07 Å². The first-order valence-corrected chi connectivity index (χ1v) is 8.57. The highest BCUT2D eigenvalue weighted by molar-refractivity contribution is 6.19. The van der Waals surface area contributed by atoms with Gasteiger partial charge in [-0.25, -0.2) is 0 Å². The third-order valence-electron chi connectivity index (χ3n) is 4.18. The molecule has 1 aromatic rings. The molecule has 3 nitrogen and oxygen atoms in total. The number of hydrogen-bond donors (Lipinski definition) is 1. The average Bonchev–Trinajstić information content (AvgIpc) is 2.57. The summed E-state index contributed by atoms with van der Waals surface area (Å²) in [6.07, 6.45) is 5.10. The van der Waals surface area contributed by atoms with Crippen molar-refractivity contribution in [1.82, 2.24) is 0 Å². The second-order valence-electron chi connectivity index (χ2n) is 5.91. The van der Waals surface area contributed by atoms with E-state index in [0.29, 0.717) is 23.4 Å². The van der Waals surface area contributed by atoms with Gasteiger partial charge >= 0.3 is 0 Å². The molecule has 0 aromatic heterocycles. The molecule has 1 heterocycles. The van der Waals surface area contributed by atoms with Crippen LogP contribution in [0.2, 0.25) is 0 Å². The third-order valence-corrected chi connectivity index (χ3v) is 4.18. The van der Waals surface area contributed by atoms with Crippen LogP contribution in [0.15, 0.2) is 29.3 Å². The van der Waals surface area contributed by atoms with Gasteiger partial charge < -0.3 is 5.11 Å². The minimum absolute atomic E-state index is 0.0388. The maximum Gasteiger partial charge on any atom is 0.173 e. The van der Waals surface area contributed by atoms with E-state index >= 15 is 0 Å². The molecule has 1 aromatic carbocycles. The molecule has 0 spiro atoms. The van der Waals surface area contributed by atoms with E-state index in [-0.39, 0.29) is 11.7 Å². The van der Waals surface area contributed by atoms with Crippen LogP contribution in [0.3, 0.4) is 0 Å². The number of aliphatic imine (C=N–C) groups is 1. The number of Topliss-reactive ketones (excluding diaryl/α,β-unsaturated/α-hetero) is 1. The second kappa shape index (κ2) is 8.64. The van der Waals surface area contributed by atoms with Gasteiger partial charge in [-0.1, -0.05) is 51.2 Å². The van der Waals surface area contributed by atoms with Crippen LogP contribution >= 0.6 is 0 Å². The van der Waals surface area contributed by atoms with Gasteiger partial charge in [0.05, 0.1) is 17.3 Å². The van der Waals surface area contributed by atoms with Crippen LogP contribution in [-0.4, -0.2) is 22.7 Å². The van der Waals surface area contributed by atoms with Crippen LogP contribution in [0.5, 0.6) is 0 Å². The highest BCUT2D eigenvalue weighted by Crippen LogP contribution is 2.30. The van der Waals surface area contributed by atoms with E-state index in [0.717, 1.165) is 12.8 Å². The van der Waals surface area contributed by atoms with Gasteiger partial charge in [0.1, 0.15) is 0 Å². The molecule has 122 valence electrons. The normalized spacial score (nSPS) is 17.8. The summed E-state index contributed by atoms with van der Waals surface area (Å²) in [5.41, 5.74) is 1.78. The number of benzene rings is 1. The van der Waals surface area contributed by atoms with Crippen molar-refractivity contribution in [2.24, 2.45) is 10.9 Å². The molecule has 0 saturated carbocycles. The van der Waals surface area contributed by atoms with Crippen molar-refractivity contribution >= 4 is 17.2 Å². The maximum absolute atomic E-state index is 12.6. The number of hydrogen-bond acceptors (Lipinski definition) is 3. The van der Waals surface area contributed by atoms with Crippen LogP contribution in [0.25, 0.3) is 0 Å². The van der Waals surface area contributed by atoms with E-state index in [9.17, 15) is 9.90 Å². The maximum atomic E-state index is 12.6. The number of fused-ring (bicyclic) bond motifs is 1. The van der Waals surface area contributed by atoms with E-state index in [1.807, 2.05) is 25.1 Å². The Kier molecular flexibility index (Phi) is 6.55. The lowest BCUT2D eigenvalue weighted by atomic mass is 9.85. The number of aliphatic hydroxyl groups excluding tert-OH is 1. The highest BCUT2D eigenvalue weighted by Gasteiger charge is 2.32. The smallest absolute Gasteiger partial charge is 0.173 e. The summed E-state index contributed by atoms with van der Waals surface area (Å²) in [6.45, 7) is 4.12. The minimum Gasteiger partial charge on any atom is -0.375 e. The zero-order valence-electron chi connectivity index (χ0n) is 14.0. The van der Waals surface area contributed by atoms with Gasteiger partial charge in [0.25, 0.3) is 0 Å². The SMILES string of the molecule is CCCCCCC#CC(O)C1=Nc2ccccc2C(=O)C1CC. The molecule has 1 N–H and O–H groups in total. The van der Waals surface area contributed by atoms with Crippen molar-refractivity contribution < 1.29 is 9.90 Å². The predicted molar refractivity (Wildman–Crippen MR) is 94.2 cm³/mol. The summed E-state index contributed by atoms with van der Waals surface area (Å²) >= 11 is 0. The van der Waals surface area contributed by atoms with Gasteiger partial charge in [0.2, 0.25) is 0 Å². The monoisotopic (exact) mass is 311 g/mol. The summed E-state index contributed by atoms with van der Waals surface area (Å²) in [5.74, 6) is 5.57. The van der Waals surface area contributed by atoms with Crippen LogP contribution in [-0.2, 0) is 0 Å². The van der Waals surface area contributed by atoms with E-state index < -0.39 is 6.10 Å². The van der Waals surface area contributed by atoms with Crippen molar-refractivity contribution in [3.05, 3.63) is 29.8 Å². The quantitative estimate of drug-likeness (QED) is 0.628. The first-order chi connectivity index (χ1) is 11.2. The Morgan fingerprint density at radius 3 is 2.74 bits per heavy atom. The Balaban J connectivity index is 2.12. The fraction of sp³-hybridized carbons (Fsp3) is 0.500. The number of carbonyl (C=O) groups is 1. The molecule has 2 rings (SSSR count). The molecule has 0 radical (unpaired) electrons. The Morgan fingerprint density at radius 1 is 1.22 bits per heavy atom. The van der Waals surface area contributed by atoms with Gasteiger partial charge in [-0.15, -0.1) is 5.92 Å². The summed E-state index contributed by atoms with van der Waals surface area (Å²) in [6, 6.07) is 7.30. The van der Waals surface area contributed by atoms with Gasteiger partial charge in [0.15, 0.2) is 11.9 Å². The molecule has 0 bridgehead atoms. The molecule has 0 amide bonds. The Bertz CT molecular complexity index is 637. The summed E-state index contributed by atoms with van der Waals surface area (Å²) < 4.78 is 0. The number of nitrogens with zero attached hydrogens (tertiary/aromatic N) is 1. The molecule has 23 heavy (non-hydrogen) atoms. The van der Waals surface area contributed by atoms with Crippen LogP contribution < -0.4 is 0 Å². The molecule has 1 aliphatic heterocycles. The number of carbonyl (C=O) groups excluding carboxylic acids is 1. The molecular weight excluding hydrogens is 286 g/mol. The zero-order valence-corrected chi connectivity index (χ0v) is 14.0. The van der Waals surface area contributed by atoms with E-state index in [1.165, 1.54) is 19.3 Å². The van der Waals surface area contributed by atoms with Crippen molar-refractivity contribution in [2.75, 3.05) is 0 Å². The second-order valence-corrected chi connectivity index (χ2v) is 5.91. The van der Waals surface area contributed by atoms with Crippen molar-refractivity contribution in [2.45, 2.75) is 58.5 Å². The Labute approximate surface area is 138 Å². The first-order valence-electron chi connectivity index (χ1n) is 8.57. The molecule has 0 fully saturated rings. The van der Waals surface area contributed by atoms with Gasteiger partial charge in [-0.3, -0.25) is 9.79 Å². The minimum atomic E-state index is -0.955. The predicted octanol–water partition coefficient (Wildman–Crippen LogP) is 4.32. The lowest BCUT2D eigenvalue weighted by Crippen LogP contribution is -2.34. The van der Waals surface area contributed by atoms with Crippen LogP contribution in [0, 0.1) is 17.8 Å². The van der Waals surface area contributed by atoms with Gasteiger partial charge in [-0.05, 0) is 25.0 Å². The lowest BCUT2D eigenvalue weighted by Gasteiger charge is -2.23.